The molecular formula is C28H37N2O3+. The number of methoxy groups -OCH3 is 2. The highest BCUT2D eigenvalue weighted by molar-refractivity contribution is 6.02. The first-order valence-corrected chi connectivity index (χ1v) is 11.4. The molecule has 3 aromatic rings. The number of carbonyl (C=O) groups is 1. The van der Waals surface area contributed by atoms with Crippen LogP contribution in [0.2, 0.25) is 0 Å². The second-order valence-electron chi connectivity index (χ2n) is 9.63. The fourth-order valence-electron chi connectivity index (χ4n) is 4.57. The van der Waals surface area contributed by atoms with E-state index in [9.17, 15) is 4.79 Å². The second-order valence-corrected chi connectivity index (χ2v) is 9.63. The SMILES string of the molecule is COc1cc2c(OC)cccc2cc1C(=O)N(C)CCC[N+](C)(C)Cc1cc(C)cc(C)c1. The van der Waals surface area contributed by atoms with Crippen LogP contribution in [0.25, 0.3) is 10.8 Å². The minimum Gasteiger partial charge on any atom is -0.496 e. The molecule has 0 fully saturated rings. The molecule has 1 amide bonds. The molecule has 0 aliphatic heterocycles. The third-order valence-electron chi connectivity index (χ3n) is 6.11. The van der Waals surface area contributed by atoms with Crippen molar-refractivity contribution in [2.24, 2.45) is 0 Å². The number of amides is 1. The summed E-state index contributed by atoms with van der Waals surface area (Å²) in [5.41, 5.74) is 4.54. The van der Waals surface area contributed by atoms with Gasteiger partial charge in [-0.25, -0.2) is 0 Å². The molecule has 0 N–H and O–H groups in total. The van der Waals surface area contributed by atoms with E-state index in [1.54, 1.807) is 19.1 Å². The number of nitrogens with zero attached hydrogens (tertiary/aromatic N) is 2. The van der Waals surface area contributed by atoms with Crippen molar-refractivity contribution in [3.63, 3.8) is 0 Å². The van der Waals surface area contributed by atoms with Crippen LogP contribution in [0.4, 0.5) is 0 Å². The van der Waals surface area contributed by atoms with Gasteiger partial charge < -0.3 is 18.9 Å². The number of benzene rings is 3. The van der Waals surface area contributed by atoms with Crippen molar-refractivity contribution in [3.05, 3.63) is 70.8 Å². The van der Waals surface area contributed by atoms with Gasteiger partial charge in [0.1, 0.15) is 18.0 Å². The minimum atomic E-state index is -0.0313. The highest BCUT2D eigenvalue weighted by atomic mass is 16.5. The molecule has 5 heteroatoms. The molecule has 0 aromatic heterocycles. The molecule has 0 aliphatic carbocycles. The number of fused-ring (bicyclic) bond motifs is 1. The number of hydrogen-bond donors (Lipinski definition) is 0. The Bertz CT molecular complexity index is 1120. The lowest BCUT2D eigenvalue weighted by Gasteiger charge is -2.31. The Morgan fingerprint density at radius 2 is 1.61 bits per heavy atom. The van der Waals surface area contributed by atoms with Gasteiger partial charge in [-0.1, -0.05) is 41.5 Å². The van der Waals surface area contributed by atoms with Crippen molar-refractivity contribution in [1.29, 1.82) is 0 Å². The zero-order valence-corrected chi connectivity index (χ0v) is 21.1. The zero-order valence-electron chi connectivity index (χ0n) is 21.1. The Morgan fingerprint density at radius 1 is 0.939 bits per heavy atom. The number of hydrogen-bond acceptors (Lipinski definition) is 3. The van der Waals surface area contributed by atoms with Crippen LogP contribution in [0.3, 0.4) is 0 Å². The van der Waals surface area contributed by atoms with Crippen LogP contribution in [0.5, 0.6) is 11.5 Å². The molecule has 0 unspecified atom stereocenters. The van der Waals surface area contributed by atoms with Crippen LogP contribution >= 0.6 is 0 Å². The summed E-state index contributed by atoms with van der Waals surface area (Å²) in [6.07, 6.45) is 0.920. The van der Waals surface area contributed by atoms with Crippen LogP contribution in [0.15, 0.2) is 48.5 Å². The van der Waals surface area contributed by atoms with Gasteiger partial charge in [0.05, 0.1) is 40.4 Å². The molecular weight excluding hydrogens is 412 g/mol. The molecule has 0 saturated heterocycles. The smallest absolute Gasteiger partial charge is 0.257 e. The lowest BCUT2D eigenvalue weighted by atomic mass is 10.0. The maximum atomic E-state index is 13.3. The largest absolute Gasteiger partial charge is 0.496 e. The molecule has 0 radical (unpaired) electrons. The first-order valence-electron chi connectivity index (χ1n) is 11.4. The minimum absolute atomic E-state index is 0.0313. The maximum Gasteiger partial charge on any atom is 0.257 e. The van der Waals surface area contributed by atoms with Crippen molar-refractivity contribution in [2.75, 3.05) is 48.5 Å². The highest BCUT2D eigenvalue weighted by Gasteiger charge is 2.21. The van der Waals surface area contributed by atoms with E-state index in [0.717, 1.165) is 40.5 Å². The lowest BCUT2D eigenvalue weighted by Crippen LogP contribution is -2.41. The average molecular weight is 450 g/mol. The Hall–Kier alpha value is -3.05. The fraction of sp³-hybridized carbons (Fsp3) is 0.393. The topological polar surface area (TPSA) is 38.8 Å². The van der Waals surface area contributed by atoms with Crippen molar-refractivity contribution in [3.8, 4) is 11.5 Å². The van der Waals surface area contributed by atoms with Crippen LogP contribution in [-0.2, 0) is 6.54 Å². The molecule has 3 rings (SSSR count). The molecule has 0 bridgehead atoms. The second kappa shape index (κ2) is 10.3. The van der Waals surface area contributed by atoms with Crippen LogP contribution in [-0.4, -0.2) is 63.7 Å². The molecule has 176 valence electrons. The number of carbonyl (C=O) groups excluding carboxylic acids is 1. The van der Waals surface area contributed by atoms with E-state index in [4.69, 9.17) is 9.47 Å². The van der Waals surface area contributed by atoms with E-state index in [1.807, 2.05) is 37.4 Å². The van der Waals surface area contributed by atoms with E-state index in [2.05, 4.69) is 46.1 Å². The van der Waals surface area contributed by atoms with Gasteiger partial charge in [0, 0.05) is 31.0 Å². The predicted molar refractivity (Wildman–Crippen MR) is 135 cm³/mol. The summed E-state index contributed by atoms with van der Waals surface area (Å²) < 4.78 is 11.9. The molecule has 5 nitrogen and oxygen atoms in total. The van der Waals surface area contributed by atoms with E-state index >= 15 is 0 Å². The van der Waals surface area contributed by atoms with Gasteiger partial charge in [0.25, 0.3) is 5.91 Å². The summed E-state index contributed by atoms with van der Waals surface area (Å²) in [5.74, 6) is 1.30. The predicted octanol–water partition coefficient (Wildman–Crippen LogP) is 5.21. The van der Waals surface area contributed by atoms with E-state index in [1.165, 1.54) is 16.7 Å². The monoisotopic (exact) mass is 449 g/mol. The summed E-state index contributed by atoms with van der Waals surface area (Å²) in [4.78, 5) is 15.0. The van der Waals surface area contributed by atoms with Crippen LogP contribution < -0.4 is 9.47 Å². The van der Waals surface area contributed by atoms with Gasteiger partial charge in [-0.05, 0) is 37.4 Å². The quantitative estimate of drug-likeness (QED) is 0.421. The average Bonchev–Trinajstić information content (AvgIpc) is 2.75. The van der Waals surface area contributed by atoms with Gasteiger partial charge in [0.15, 0.2) is 0 Å². The van der Waals surface area contributed by atoms with Crippen molar-refractivity contribution >= 4 is 16.7 Å². The Balaban J connectivity index is 1.67. The molecule has 0 atom stereocenters. The summed E-state index contributed by atoms with van der Waals surface area (Å²) in [5, 5.41) is 1.89. The van der Waals surface area contributed by atoms with Gasteiger partial charge in [-0.3, -0.25) is 4.79 Å². The van der Waals surface area contributed by atoms with Gasteiger partial charge in [0.2, 0.25) is 0 Å². The molecule has 33 heavy (non-hydrogen) atoms. The fourth-order valence-corrected chi connectivity index (χ4v) is 4.57. The third-order valence-corrected chi connectivity index (χ3v) is 6.11. The molecule has 0 saturated carbocycles. The number of quaternary nitrogens is 1. The summed E-state index contributed by atoms with van der Waals surface area (Å²) >= 11 is 0. The number of rotatable bonds is 9. The summed E-state index contributed by atoms with van der Waals surface area (Å²) in [6, 6.07) is 16.4. The molecule has 0 heterocycles. The molecule has 3 aromatic carbocycles. The number of aryl methyl sites for hydroxylation is 2. The number of ether oxygens (including phenoxy) is 2. The van der Waals surface area contributed by atoms with Crippen molar-refractivity contribution in [2.45, 2.75) is 26.8 Å². The van der Waals surface area contributed by atoms with Gasteiger partial charge in [-0.15, -0.1) is 0 Å². The highest BCUT2D eigenvalue weighted by Crippen LogP contribution is 2.32. The first-order chi connectivity index (χ1) is 15.6. The van der Waals surface area contributed by atoms with E-state index < -0.39 is 0 Å². The van der Waals surface area contributed by atoms with E-state index in [0.29, 0.717) is 17.9 Å². The van der Waals surface area contributed by atoms with Gasteiger partial charge >= 0.3 is 0 Å². The zero-order chi connectivity index (χ0) is 24.2. The third kappa shape index (κ3) is 6.05. The van der Waals surface area contributed by atoms with Crippen LogP contribution in [0, 0.1) is 13.8 Å². The van der Waals surface area contributed by atoms with E-state index in [-0.39, 0.29) is 5.91 Å². The van der Waals surface area contributed by atoms with Crippen LogP contribution in [0.1, 0.15) is 33.5 Å². The lowest BCUT2D eigenvalue weighted by molar-refractivity contribution is -0.903. The van der Waals surface area contributed by atoms with Crippen molar-refractivity contribution < 1.29 is 18.8 Å². The Kier molecular flexibility index (Phi) is 7.65. The maximum absolute atomic E-state index is 13.3. The summed E-state index contributed by atoms with van der Waals surface area (Å²) in [6.45, 7) is 6.94. The Morgan fingerprint density at radius 3 is 2.24 bits per heavy atom. The molecule has 0 aliphatic rings. The first kappa shape index (κ1) is 24.6. The van der Waals surface area contributed by atoms with Crippen molar-refractivity contribution in [1.82, 2.24) is 4.90 Å². The molecule has 0 spiro atoms. The standard InChI is InChI=1S/C28H37N2O3/c1-20-14-21(2)16-22(15-20)19-30(4,5)13-9-12-29(3)28(31)25-17-23-10-8-11-26(32-6)24(23)18-27(25)33-7/h8,10-11,14-18H,9,12-13,19H2,1-7H3/q+1. The normalized spacial score (nSPS) is 11.5. The summed E-state index contributed by atoms with van der Waals surface area (Å²) in [7, 11) is 9.61. The van der Waals surface area contributed by atoms with Gasteiger partial charge in [-0.2, -0.15) is 0 Å². The Labute approximate surface area is 198 Å².